The maximum Gasteiger partial charge on any atom is 0.200 e. The van der Waals surface area contributed by atoms with E-state index < -0.39 is 0 Å². The second-order valence-corrected chi connectivity index (χ2v) is 8.34. The molecule has 0 saturated heterocycles. The first-order chi connectivity index (χ1) is 13.6. The standard InChI is InChI=1S/C25H44O3/c1-4-7-10-13-19-25(20-14-11-8-5-2,21-15-12-9-6-3)28-23-18-16-17-22(26)24(23)27/h16-18,26-27H,4-15,19-21H2,1-3H3. The molecule has 0 aliphatic heterocycles. The second-order valence-electron chi connectivity index (χ2n) is 8.34. The number of phenols is 2. The molecule has 0 aromatic heterocycles. The van der Waals surface area contributed by atoms with Crippen molar-refractivity contribution in [1.82, 2.24) is 0 Å². The highest BCUT2D eigenvalue weighted by Crippen LogP contribution is 2.41. The summed E-state index contributed by atoms with van der Waals surface area (Å²) >= 11 is 0. The minimum Gasteiger partial charge on any atom is -0.504 e. The van der Waals surface area contributed by atoms with E-state index >= 15 is 0 Å². The number of para-hydroxylation sites is 1. The van der Waals surface area contributed by atoms with Crippen molar-refractivity contribution in [3.63, 3.8) is 0 Å². The van der Waals surface area contributed by atoms with E-state index in [1.54, 1.807) is 12.1 Å². The van der Waals surface area contributed by atoms with Crippen LogP contribution in [0.1, 0.15) is 117 Å². The van der Waals surface area contributed by atoms with Crippen LogP contribution in [0.2, 0.25) is 0 Å². The van der Waals surface area contributed by atoms with Gasteiger partial charge in [0.05, 0.1) is 0 Å². The molecule has 0 bridgehead atoms. The first-order valence-electron chi connectivity index (χ1n) is 11.8. The van der Waals surface area contributed by atoms with Crippen LogP contribution in [0.5, 0.6) is 17.2 Å². The summed E-state index contributed by atoms with van der Waals surface area (Å²) in [6, 6.07) is 5.04. The Labute approximate surface area is 173 Å². The summed E-state index contributed by atoms with van der Waals surface area (Å²) in [5.74, 6) is 0.207. The van der Waals surface area contributed by atoms with Gasteiger partial charge in [-0.15, -0.1) is 0 Å². The Balaban J connectivity index is 2.94. The topological polar surface area (TPSA) is 49.7 Å². The molecule has 0 unspecified atom stereocenters. The molecular weight excluding hydrogens is 348 g/mol. The first-order valence-corrected chi connectivity index (χ1v) is 11.8. The van der Waals surface area contributed by atoms with Crippen molar-refractivity contribution in [2.24, 2.45) is 0 Å². The highest BCUT2D eigenvalue weighted by molar-refractivity contribution is 5.49. The monoisotopic (exact) mass is 392 g/mol. The number of rotatable bonds is 17. The molecule has 0 aliphatic rings. The minimum atomic E-state index is -0.236. The minimum absolute atomic E-state index is 0.102. The maximum atomic E-state index is 10.3. The Morgan fingerprint density at radius 1 is 0.679 bits per heavy atom. The molecule has 0 atom stereocenters. The third-order valence-electron chi connectivity index (χ3n) is 5.76. The van der Waals surface area contributed by atoms with E-state index in [4.69, 9.17) is 4.74 Å². The molecule has 1 rings (SSSR count). The van der Waals surface area contributed by atoms with Crippen molar-refractivity contribution < 1.29 is 14.9 Å². The number of hydrogen-bond acceptors (Lipinski definition) is 3. The molecule has 1 aromatic rings. The van der Waals surface area contributed by atoms with Gasteiger partial charge in [0.25, 0.3) is 0 Å². The van der Waals surface area contributed by atoms with E-state index in [-0.39, 0.29) is 17.1 Å². The van der Waals surface area contributed by atoms with Crippen LogP contribution < -0.4 is 4.74 Å². The van der Waals surface area contributed by atoms with Crippen LogP contribution in [-0.4, -0.2) is 15.8 Å². The SMILES string of the molecule is CCCCCCC(CCCCCC)(CCCCCC)Oc1cccc(O)c1O. The van der Waals surface area contributed by atoms with Crippen molar-refractivity contribution in [2.45, 2.75) is 123 Å². The fraction of sp³-hybridized carbons (Fsp3) is 0.760. The molecule has 2 N–H and O–H groups in total. The zero-order chi connectivity index (χ0) is 20.7. The average molecular weight is 393 g/mol. The van der Waals surface area contributed by atoms with Crippen LogP contribution >= 0.6 is 0 Å². The molecule has 1 aromatic carbocycles. The van der Waals surface area contributed by atoms with Gasteiger partial charge in [-0.25, -0.2) is 0 Å². The smallest absolute Gasteiger partial charge is 0.200 e. The Hall–Kier alpha value is -1.38. The lowest BCUT2D eigenvalue weighted by molar-refractivity contribution is 0.0306. The molecule has 28 heavy (non-hydrogen) atoms. The molecule has 3 heteroatoms. The first kappa shape index (κ1) is 24.7. The number of unbranched alkanes of at least 4 members (excludes halogenated alkanes) is 9. The predicted octanol–water partition coefficient (Wildman–Crippen LogP) is 8.13. The van der Waals surface area contributed by atoms with Gasteiger partial charge in [0.15, 0.2) is 11.5 Å². The van der Waals surface area contributed by atoms with E-state index in [2.05, 4.69) is 20.8 Å². The lowest BCUT2D eigenvalue weighted by Crippen LogP contribution is -2.36. The Morgan fingerprint density at radius 2 is 1.14 bits per heavy atom. The predicted molar refractivity (Wildman–Crippen MR) is 119 cm³/mol. The summed E-state index contributed by atoms with van der Waals surface area (Å²) in [7, 11) is 0. The van der Waals surface area contributed by atoms with E-state index in [0.29, 0.717) is 5.75 Å². The van der Waals surface area contributed by atoms with Gasteiger partial charge < -0.3 is 14.9 Å². The Bertz CT molecular complexity index is 481. The fourth-order valence-electron chi connectivity index (χ4n) is 3.98. The normalized spacial score (nSPS) is 11.7. The van der Waals surface area contributed by atoms with Gasteiger partial charge in [-0.2, -0.15) is 0 Å². The van der Waals surface area contributed by atoms with Crippen LogP contribution in [0.25, 0.3) is 0 Å². The quantitative estimate of drug-likeness (QED) is 0.208. The van der Waals surface area contributed by atoms with Crippen molar-refractivity contribution in [3.8, 4) is 17.2 Å². The van der Waals surface area contributed by atoms with Gasteiger partial charge in [0.2, 0.25) is 5.75 Å². The molecule has 0 aliphatic carbocycles. The van der Waals surface area contributed by atoms with Crippen LogP contribution in [0.3, 0.4) is 0 Å². The van der Waals surface area contributed by atoms with Crippen molar-refractivity contribution in [2.75, 3.05) is 0 Å². The summed E-state index contributed by atoms with van der Waals surface area (Å²) in [6.45, 7) is 6.72. The third-order valence-corrected chi connectivity index (χ3v) is 5.76. The van der Waals surface area contributed by atoms with Crippen molar-refractivity contribution >= 4 is 0 Å². The van der Waals surface area contributed by atoms with Gasteiger partial charge in [-0.1, -0.05) is 84.6 Å². The van der Waals surface area contributed by atoms with Gasteiger partial charge in [0.1, 0.15) is 5.60 Å². The Morgan fingerprint density at radius 3 is 1.57 bits per heavy atom. The zero-order valence-corrected chi connectivity index (χ0v) is 18.6. The zero-order valence-electron chi connectivity index (χ0n) is 18.6. The van der Waals surface area contributed by atoms with E-state index in [1.807, 2.05) is 0 Å². The van der Waals surface area contributed by atoms with Gasteiger partial charge in [-0.05, 0) is 50.7 Å². The molecule has 3 nitrogen and oxygen atoms in total. The molecule has 162 valence electrons. The number of aromatic hydroxyl groups is 2. The molecule has 0 fully saturated rings. The number of benzene rings is 1. The fourth-order valence-corrected chi connectivity index (χ4v) is 3.98. The van der Waals surface area contributed by atoms with E-state index in [9.17, 15) is 10.2 Å². The molecular formula is C25H44O3. The highest BCUT2D eigenvalue weighted by atomic mass is 16.5. The maximum absolute atomic E-state index is 10.3. The largest absolute Gasteiger partial charge is 0.504 e. The molecule has 0 spiro atoms. The van der Waals surface area contributed by atoms with Gasteiger partial charge >= 0.3 is 0 Å². The summed E-state index contributed by atoms with van der Waals surface area (Å²) in [4.78, 5) is 0. The van der Waals surface area contributed by atoms with Crippen LogP contribution in [0, 0.1) is 0 Å². The molecule has 0 saturated carbocycles. The number of phenolic OH excluding ortho intramolecular Hbond substituents is 2. The van der Waals surface area contributed by atoms with Crippen molar-refractivity contribution in [3.05, 3.63) is 18.2 Å². The third kappa shape index (κ3) is 9.21. The summed E-state index contributed by atoms with van der Waals surface area (Å²) in [6.07, 6.45) is 17.8. The highest BCUT2D eigenvalue weighted by Gasteiger charge is 2.32. The van der Waals surface area contributed by atoms with E-state index in [1.165, 1.54) is 63.9 Å². The van der Waals surface area contributed by atoms with E-state index in [0.717, 1.165) is 38.5 Å². The lowest BCUT2D eigenvalue weighted by Gasteiger charge is -2.36. The molecule has 0 radical (unpaired) electrons. The number of hydrogen-bond donors (Lipinski definition) is 2. The molecule has 0 amide bonds. The second kappa shape index (κ2) is 14.6. The summed E-state index contributed by atoms with van der Waals surface area (Å²) < 4.78 is 6.54. The summed E-state index contributed by atoms with van der Waals surface area (Å²) in [5, 5.41) is 20.2. The molecule has 0 heterocycles. The average Bonchev–Trinajstić information content (AvgIpc) is 2.69. The van der Waals surface area contributed by atoms with Crippen LogP contribution in [0.15, 0.2) is 18.2 Å². The van der Waals surface area contributed by atoms with Crippen molar-refractivity contribution in [1.29, 1.82) is 0 Å². The van der Waals surface area contributed by atoms with Crippen LogP contribution in [-0.2, 0) is 0 Å². The van der Waals surface area contributed by atoms with Crippen LogP contribution in [0.4, 0.5) is 0 Å². The lowest BCUT2D eigenvalue weighted by atomic mass is 9.84. The number of ether oxygens (including phenoxy) is 1. The van der Waals surface area contributed by atoms with Gasteiger partial charge in [0, 0.05) is 0 Å². The summed E-state index contributed by atoms with van der Waals surface area (Å²) in [5.41, 5.74) is -0.236. The van der Waals surface area contributed by atoms with Gasteiger partial charge in [-0.3, -0.25) is 0 Å². The Kier molecular flexibility index (Phi) is 12.9.